The number of nitrogens with one attached hydrogen (secondary N) is 2. The van der Waals surface area contributed by atoms with E-state index in [2.05, 4.69) is 15.6 Å². The minimum atomic E-state index is -0.320. The number of thiazole rings is 1. The van der Waals surface area contributed by atoms with Gasteiger partial charge in [0.1, 0.15) is 15.7 Å². The number of anilines is 2. The van der Waals surface area contributed by atoms with Crippen LogP contribution in [0, 0.1) is 19.7 Å². The molecule has 0 radical (unpaired) electrons. The van der Waals surface area contributed by atoms with E-state index in [4.69, 9.17) is 0 Å². The van der Waals surface area contributed by atoms with Crippen molar-refractivity contribution >= 4 is 34.5 Å². The summed E-state index contributed by atoms with van der Waals surface area (Å²) in [6.07, 6.45) is 0. The molecule has 27 heavy (non-hydrogen) atoms. The monoisotopic (exact) mass is 383 g/mol. The fraction of sp³-hybridized carbons (Fsp3) is 0.150. The van der Waals surface area contributed by atoms with Crippen molar-refractivity contribution in [1.29, 1.82) is 0 Å². The number of aryl methyl sites for hydroxylation is 2. The highest BCUT2D eigenvalue weighted by molar-refractivity contribution is 7.17. The standard InChI is InChI=1S/C20H18FN3O2S/c1-11-4-9-16(23-13(3)25)10-17(11)24-19(26)18-12(2)22-20(27-18)14-5-7-15(21)8-6-14/h4-10H,1-3H3,(H,23,25)(H,24,26). The molecular formula is C20H18FN3O2S. The average Bonchev–Trinajstić information content (AvgIpc) is 3.00. The van der Waals surface area contributed by atoms with Gasteiger partial charge in [-0.05, 0) is 55.8 Å². The number of rotatable bonds is 4. The van der Waals surface area contributed by atoms with Crippen LogP contribution in [0.25, 0.3) is 10.6 Å². The lowest BCUT2D eigenvalue weighted by Crippen LogP contribution is -2.13. The van der Waals surface area contributed by atoms with Crippen molar-refractivity contribution in [2.45, 2.75) is 20.8 Å². The third kappa shape index (κ3) is 4.38. The molecule has 2 N–H and O–H groups in total. The molecule has 0 unspecified atom stereocenters. The highest BCUT2D eigenvalue weighted by Gasteiger charge is 2.17. The first kappa shape index (κ1) is 18.7. The molecule has 0 fully saturated rings. The number of amides is 2. The SMILES string of the molecule is CC(=O)Nc1ccc(C)c(NC(=O)c2sc(-c3ccc(F)cc3)nc2C)c1. The van der Waals surface area contributed by atoms with Crippen molar-refractivity contribution in [3.63, 3.8) is 0 Å². The molecule has 7 heteroatoms. The van der Waals surface area contributed by atoms with E-state index >= 15 is 0 Å². The first-order valence-electron chi connectivity index (χ1n) is 8.26. The summed E-state index contributed by atoms with van der Waals surface area (Å²) in [6.45, 7) is 5.06. The number of benzene rings is 2. The summed E-state index contributed by atoms with van der Waals surface area (Å²) in [5.74, 6) is -0.778. The fourth-order valence-corrected chi connectivity index (χ4v) is 3.51. The Hall–Kier alpha value is -3.06. The molecule has 0 saturated heterocycles. The Morgan fingerprint density at radius 2 is 1.74 bits per heavy atom. The lowest BCUT2D eigenvalue weighted by molar-refractivity contribution is -0.114. The number of hydrogen-bond donors (Lipinski definition) is 2. The molecule has 2 aromatic carbocycles. The van der Waals surface area contributed by atoms with Crippen LogP contribution in [0.1, 0.15) is 27.9 Å². The van der Waals surface area contributed by atoms with Gasteiger partial charge >= 0.3 is 0 Å². The van der Waals surface area contributed by atoms with E-state index in [9.17, 15) is 14.0 Å². The summed E-state index contributed by atoms with van der Waals surface area (Å²) < 4.78 is 13.1. The van der Waals surface area contributed by atoms with Gasteiger partial charge in [-0.1, -0.05) is 6.07 Å². The van der Waals surface area contributed by atoms with Crippen molar-refractivity contribution in [3.05, 3.63) is 64.4 Å². The number of hydrogen-bond acceptors (Lipinski definition) is 4. The quantitative estimate of drug-likeness (QED) is 0.681. The summed E-state index contributed by atoms with van der Waals surface area (Å²) in [7, 11) is 0. The molecule has 2 amide bonds. The molecular weight excluding hydrogens is 365 g/mol. The molecule has 0 atom stereocenters. The predicted molar refractivity (Wildman–Crippen MR) is 106 cm³/mol. The smallest absolute Gasteiger partial charge is 0.267 e. The highest BCUT2D eigenvalue weighted by Crippen LogP contribution is 2.29. The Labute approximate surface area is 160 Å². The van der Waals surface area contributed by atoms with Crippen LogP contribution >= 0.6 is 11.3 Å². The van der Waals surface area contributed by atoms with E-state index < -0.39 is 0 Å². The summed E-state index contributed by atoms with van der Waals surface area (Å²) in [5.41, 5.74) is 3.46. The number of aromatic nitrogens is 1. The van der Waals surface area contributed by atoms with Gasteiger partial charge < -0.3 is 10.6 Å². The first-order valence-corrected chi connectivity index (χ1v) is 9.08. The van der Waals surface area contributed by atoms with Gasteiger partial charge in [-0.25, -0.2) is 9.37 Å². The number of carbonyl (C=O) groups is 2. The third-order valence-electron chi connectivity index (χ3n) is 3.90. The summed E-state index contributed by atoms with van der Waals surface area (Å²) in [5, 5.41) is 6.23. The van der Waals surface area contributed by atoms with E-state index in [0.29, 0.717) is 27.0 Å². The van der Waals surface area contributed by atoms with Gasteiger partial charge in [0.05, 0.1) is 5.69 Å². The van der Waals surface area contributed by atoms with Gasteiger partial charge in [-0.3, -0.25) is 9.59 Å². The van der Waals surface area contributed by atoms with Gasteiger partial charge in [-0.15, -0.1) is 11.3 Å². The molecule has 3 rings (SSSR count). The van der Waals surface area contributed by atoms with Crippen LogP contribution in [0.5, 0.6) is 0 Å². The second kappa shape index (κ2) is 7.67. The Bertz CT molecular complexity index is 1010. The van der Waals surface area contributed by atoms with Crippen molar-refractivity contribution in [1.82, 2.24) is 4.98 Å². The van der Waals surface area contributed by atoms with Crippen LogP contribution in [0.3, 0.4) is 0 Å². The fourth-order valence-electron chi connectivity index (χ4n) is 2.54. The zero-order chi connectivity index (χ0) is 19.6. The largest absolute Gasteiger partial charge is 0.326 e. The number of carbonyl (C=O) groups excluding carboxylic acids is 2. The second-order valence-corrected chi connectivity index (χ2v) is 7.10. The number of nitrogens with zero attached hydrogens (tertiary/aromatic N) is 1. The molecule has 0 aliphatic rings. The molecule has 0 saturated carbocycles. The highest BCUT2D eigenvalue weighted by atomic mass is 32.1. The molecule has 0 aliphatic heterocycles. The van der Waals surface area contributed by atoms with Crippen molar-refractivity contribution in [3.8, 4) is 10.6 Å². The summed E-state index contributed by atoms with van der Waals surface area (Å²) in [4.78, 5) is 28.9. The summed E-state index contributed by atoms with van der Waals surface area (Å²) in [6, 6.07) is 11.3. The van der Waals surface area contributed by atoms with Gasteiger partial charge in [0, 0.05) is 23.9 Å². The van der Waals surface area contributed by atoms with E-state index in [-0.39, 0.29) is 17.6 Å². The van der Waals surface area contributed by atoms with Crippen molar-refractivity contribution in [2.24, 2.45) is 0 Å². The Morgan fingerprint density at radius 3 is 2.41 bits per heavy atom. The van der Waals surface area contributed by atoms with Gasteiger partial charge in [0.25, 0.3) is 5.91 Å². The number of halogens is 1. The molecule has 0 bridgehead atoms. The maximum atomic E-state index is 13.1. The van der Waals surface area contributed by atoms with Crippen molar-refractivity contribution < 1.29 is 14.0 Å². The molecule has 3 aromatic rings. The van der Waals surface area contributed by atoms with Gasteiger partial charge in [0.15, 0.2) is 0 Å². The van der Waals surface area contributed by atoms with Crippen molar-refractivity contribution in [2.75, 3.05) is 10.6 Å². The van der Waals surface area contributed by atoms with E-state index in [0.717, 1.165) is 11.1 Å². The summed E-state index contributed by atoms with van der Waals surface area (Å²) >= 11 is 1.25. The molecule has 5 nitrogen and oxygen atoms in total. The van der Waals surface area contributed by atoms with Gasteiger partial charge in [0.2, 0.25) is 5.91 Å². The Balaban J connectivity index is 1.85. The normalized spacial score (nSPS) is 10.5. The zero-order valence-electron chi connectivity index (χ0n) is 15.1. The lowest BCUT2D eigenvalue weighted by atomic mass is 10.1. The predicted octanol–water partition coefficient (Wildman–Crippen LogP) is 4.78. The van der Waals surface area contributed by atoms with Crippen LogP contribution in [0.2, 0.25) is 0 Å². The topological polar surface area (TPSA) is 71.1 Å². The van der Waals surface area contributed by atoms with Crippen LogP contribution in [0.4, 0.5) is 15.8 Å². The minimum Gasteiger partial charge on any atom is -0.326 e. The maximum Gasteiger partial charge on any atom is 0.267 e. The lowest BCUT2D eigenvalue weighted by Gasteiger charge is -2.10. The van der Waals surface area contributed by atoms with Crippen LogP contribution < -0.4 is 10.6 Å². The van der Waals surface area contributed by atoms with Crippen LogP contribution in [-0.2, 0) is 4.79 Å². The van der Waals surface area contributed by atoms with Crippen LogP contribution in [0.15, 0.2) is 42.5 Å². The molecule has 1 aromatic heterocycles. The maximum absolute atomic E-state index is 13.1. The molecule has 1 heterocycles. The van der Waals surface area contributed by atoms with E-state index in [1.54, 1.807) is 31.2 Å². The minimum absolute atomic E-state index is 0.182. The zero-order valence-corrected chi connectivity index (χ0v) is 15.9. The van der Waals surface area contributed by atoms with Crippen LogP contribution in [-0.4, -0.2) is 16.8 Å². The Morgan fingerprint density at radius 1 is 1.04 bits per heavy atom. The molecule has 0 spiro atoms. The Kier molecular flexibility index (Phi) is 5.32. The average molecular weight is 383 g/mol. The van der Waals surface area contributed by atoms with Gasteiger partial charge in [-0.2, -0.15) is 0 Å². The third-order valence-corrected chi connectivity index (χ3v) is 5.11. The second-order valence-electron chi connectivity index (χ2n) is 6.11. The van der Waals surface area contributed by atoms with E-state index in [1.807, 2.05) is 13.0 Å². The first-order chi connectivity index (χ1) is 12.8. The molecule has 0 aliphatic carbocycles. The van der Waals surface area contributed by atoms with E-state index in [1.165, 1.54) is 30.4 Å². The molecule has 138 valence electrons.